The van der Waals surface area contributed by atoms with Gasteiger partial charge in [-0.1, -0.05) is 0 Å². The fourth-order valence-electron chi connectivity index (χ4n) is 1.71. The van der Waals surface area contributed by atoms with E-state index in [-0.39, 0.29) is 12.4 Å². The van der Waals surface area contributed by atoms with Crippen LogP contribution in [-0.2, 0) is 0 Å². The topological polar surface area (TPSA) is 52.0 Å². The molecule has 1 aliphatic rings. The highest BCUT2D eigenvalue weighted by Gasteiger charge is 2.09. The Balaban J connectivity index is 0.00000128. The molecule has 1 aliphatic heterocycles. The highest BCUT2D eigenvalue weighted by molar-refractivity contribution is 5.85. The molecule has 5 heteroatoms. The number of anilines is 1. The maximum Gasteiger partial charge on any atom is 0.128 e. The molecule has 0 aliphatic carbocycles. The number of halogens is 1. The van der Waals surface area contributed by atoms with Gasteiger partial charge in [-0.15, -0.1) is 12.4 Å². The van der Waals surface area contributed by atoms with Gasteiger partial charge in [-0.2, -0.15) is 5.26 Å². The molecule has 0 amide bonds. The van der Waals surface area contributed by atoms with E-state index in [1.165, 1.54) is 0 Å². The van der Waals surface area contributed by atoms with Gasteiger partial charge in [0.1, 0.15) is 11.9 Å². The van der Waals surface area contributed by atoms with Crippen LogP contribution in [0.3, 0.4) is 0 Å². The van der Waals surface area contributed by atoms with E-state index >= 15 is 0 Å². The molecular formula is C11H15ClN4. The highest BCUT2D eigenvalue weighted by atomic mass is 35.5. The maximum absolute atomic E-state index is 8.67. The van der Waals surface area contributed by atoms with Crippen LogP contribution in [-0.4, -0.2) is 31.2 Å². The molecule has 0 spiro atoms. The van der Waals surface area contributed by atoms with E-state index in [1.807, 2.05) is 12.1 Å². The second-order valence-corrected chi connectivity index (χ2v) is 3.61. The lowest BCUT2D eigenvalue weighted by Crippen LogP contribution is -2.28. The second-order valence-electron chi connectivity index (χ2n) is 3.61. The van der Waals surface area contributed by atoms with Gasteiger partial charge in [0.15, 0.2) is 0 Å². The predicted molar refractivity (Wildman–Crippen MR) is 65.9 cm³/mol. The number of rotatable bonds is 1. The van der Waals surface area contributed by atoms with Crippen molar-refractivity contribution in [2.45, 2.75) is 6.42 Å². The van der Waals surface area contributed by atoms with Crippen molar-refractivity contribution in [2.24, 2.45) is 0 Å². The van der Waals surface area contributed by atoms with E-state index in [4.69, 9.17) is 5.26 Å². The Morgan fingerprint density at radius 2 is 2.19 bits per heavy atom. The molecule has 1 N–H and O–H groups in total. The molecule has 0 bridgehead atoms. The molecule has 0 saturated carbocycles. The average molecular weight is 239 g/mol. The minimum Gasteiger partial charge on any atom is -0.355 e. The first kappa shape index (κ1) is 12.8. The van der Waals surface area contributed by atoms with Gasteiger partial charge < -0.3 is 10.2 Å². The van der Waals surface area contributed by atoms with Crippen molar-refractivity contribution < 1.29 is 0 Å². The summed E-state index contributed by atoms with van der Waals surface area (Å²) in [5.41, 5.74) is 0.617. The van der Waals surface area contributed by atoms with Crippen LogP contribution < -0.4 is 10.2 Å². The molecule has 2 rings (SSSR count). The van der Waals surface area contributed by atoms with Crippen molar-refractivity contribution in [2.75, 3.05) is 31.1 Å². The number of hydrogen-bond acceptors (Lipinski definition) is 4. The minimum atomic E-state index is 0. The standard InChI is InChI=1S/C11H14N4.ClH/c12-8-10-2-3-11(14-9-10)15-6-1-4-13-5-7-15;/h2-3,9,13H,1,4-7H2;1H. The van der Waals surface area contributed by atoms with Crippen molar-refractivity contribution in [1.82, 2.24) is 10.3 Å². The van der Waals surface area contributed by atoms with E-state index < -0.39 is 0 Å². The van der Waals surface area contributed by atoms with E-state index in [0.717, 1.165) is 38.4 Å². The molecule has 1 aromatic heterocycles. The molecule has 2 heterocycles. The summed E-state index contributed by atoms with van der Waals surface area (Å²) in [7, 11) is 0. The smallest absolute Gasteiger partial charge is 0.128 e. The third-order valence-corrected chi connectivity index (χ3v) is 2.54. The van der Waals surface area contributed by atoms with Gasteiger partial charge in [-0.3, -0.25) is 0 Å². The molecule has 0 radical (unpaired) electrons. The lowest BCUT2D eigenvalue weighted by atomic mass is 10.3. The minimum absolute atomic E-state index is 0. The quantitative estimate of drug-likeness (QED) is 0.798. The van der Waals surface area contributed by atoms with Gasteiger partial charge in [0, 0.05) is 25.8 Å². The third kappa shape index (κ3) is 3.09. The van der Waals surface area contributed by atoms with Gasteiger partial charge in [-0.05, 0) is 25.1 Å². The van der Waals surface area contributed by atoms with Gasteiger partial charge in [0.2, 0.25) is 0 Å². The second kappa shape index (κ2) is 6.31. The Morgan fingerprint density at radius 1 is 1.31 bits per heavy atom. The molecular weight excluding hydrogens is 224 g/mol. The summed E-state index contributed by atoms with van der Waals surface area (Å²) in [5.74, 6) is 0.970. The van der Waals surface area contributed by atoms with Crippen LogP contribution in [0.2, 0.25) is 0 Å². The Morgan fingerprint density at radius 3 is 2.88 bits per heavy atom. The van der Waals surface area contributed by atoms with E-state index in [0.29, 0.717) is 5.56 Å². The largest absolute Gasteiger partial charge is 0.355 e. The summed E-state index contributed by atoms with van der Waals surface area (Å²) < 4.78 is 0. The molecule has 0 unspecified atom stereocenters. The van der Waals surface area contributed by atoms with Gasteiger partial charge in [0.05, 0.1) is 5.56 Å². The zero-order valence-electron chi connectivity index (χ0n) is 9.02. The van der Waals surface area contributed by atoms with Crippen LogP contribution in [0.15, 0.2) is 18.3 Å². The SMILES string of the molecule is Cl.N#Cc1ccc(N2CCCNCC2)nc1. The Bertz CT molecular complexity index is 349. The fourth-order valence-corrected chi connectivity index (χ4v) is 1.71. The fraction of sp³-hybridized carbons (Fsp3) is 0.455. The summed E-state index contributed by atoms with van der Waals surface area (Å²) in [6.45, 7) is 4.10. The molecule has 0 atom stereocenters. The summed E-state index contributed by atoms with van der Waals surface area (Å²) in [6, 6.07) is 5.82. The first-order chi connectivity index (χ1) is 7.40. The zero-order chi connectivity index (χ0) is 10.5. The normalized spacial score (nSPS) is 15.8. The zero-order valence-corrected chi connectivity index (χ0v) is 9.83. The van der Waals surface area contributed by atoms with Crippen molar-refractivity contribution in [1.29, 1.82) is 5.26 Å². The first-order valence-electron chi connectivity index (χ1n) is 5.22. The van der Waals surface area contributed by atoms with Gasteiger partial charge >= 0.3 is 0 Å². The Hall–Kier alpha value is -1.31. The number of aromatic nitrogens is 1. The highest BCUT2D eigenvalue weighted by Crippen LogP contribution is 2.11. The van der Waals surface area contributed by atoms with Crippen LogP contribution in [0.5, 0.6) is 0 Å². The molecule has 0 aromatic carbocycles. The lowest BCUT2D eigenvalue weighted by molar-refractivity contribution is 0.724. The molecule has 1 saturated heterocycles. The summed E-state index contributed by atoms with van der Waals surface area (Å²) in [5, 5.41) is 12.0. The third-order valence-electron chi connectivity index (χ3n) is 2.54. The molecule has 1 fully saturated rings. The molecule has 4 nitrogen and oxygen atoms in total. The average Bonchev–Trinajstić information content (AvgIpc) is 2.58. The van der Waals surface area contributed by atoms with Crippen LogP contribution in [0, 0.1) is 11.3 Å². The number of nitrogens with one attached hydrogen (secondary N) is 1. The number of nitrogens with zero attached hydrogens (tertiary/aromatic N) is 3. The van der Waals surface area contributed by atoms with Gasteiger partial charge in [0.25, 0.3) is 0 Å². The van der Waals surface area contributed by atoms with Crippen LogP contribution in [0.1, 0.15) is 12.0 Å². The first-order valence-corrected chi connectivity index (χ1v) is 5.22. The van der Waals surface area contributed by atoms with Crippen LogP contribution in [0.25, 0.3) is 0 Å². The maximum atomic E-state index is 8.67. The lowest BCUT2D eigenvalue weighted by Gasteiger charge is -2.20. The van der Waals surface area contributed by atoms with Crippen molar-refractivity contribution in [3.63, 3.8) is 0 Å². The van der Waals surface area contributed by atoms with Crippen LogP contribution in [0.4, 0.5) is 5.82 Å². The Labute approximate surface area is 102 Å². The Kier molecular flexibility index (Phi) is 5.03. The van der Waals surface area contributed by atoms with E-state index in [9.17, 15) is 0 Å². The number of hydrogen-bond donors (Lipinski definition) is 1. The van der Waals surface area contributed by atoms with Crippen molar-refractivity contribution in [3.05, 3.63) is 23.9 Å². The number of nitriles is 1. The molecule has 16 heavy (non-hydrogen) atoms. The number of pyridine rings is 1. The molecule has 86 valence electrons. The predicted octanol–water partition coefficient (Wildman–Crippen LogP) is 1.17. The molecule has 1 aromatic rings. The van der Waals surface area contributed by atoms with E-state index in [2.05, 4.69) is 21.3 Å². The van der Waals surface area contributed by atoms with E-state index in [1.54, 1.807) is 6.20 Å². The summed E-state index contributed by atoms with van der Waals surface area (Å²) >= 11 is 0. The monoisotopic (exact) mass is 238 g/mol. The van der Waals surface area contributed by atoms with Crippen molar-refractivity contribution >= 4 is 18.2 Å². The van der Waals surface area contributed by atoms with Crippen molar-refractivity contribution in [3.8, 4) is 6.07 Å². The summed E-state index contributed by atoms with van der Waals surface area (Å²) in [4.78, 5) is 6.54. The summed E-state index contributed by atoms with van der Waals surface area (Å²) in [6.07, 6.45) is 2.77. The van der Waals surface area contributed by atoms with Gasteiger partial charge in [-0.25, -0.2) is 4.98 Å². The van der Waals surface area contributed by atoms with Crippen LogP contribution >= 0.6 is 12.4 Å².